The summed E-state index contributed by atoms with van der Waals surface area (Å²) in [6.07, 6.45) is 3.63. The van der Waals surface area contributed by atoms with E-state index in [-0.39, 0.29) is 11.2 Å². The van der Waals surface area contributed by atoms with E-state index in [2.05, 4.69) is 26.2 Å². The van der Waals surface area contributed by atoms with Crippen molar-refractivity contribution in [2.24, 2.45) is 5.41 Å². The molecule has 41 heavy (non-hydrogen) atoms. The topological polar surface area (TPSA) is 128 Å². The predicted octanol–water partition coefficient (Wildman–Crippen LogP) is 4.87. The maximum atomic E-state index is 15.0. The molecule has 2 aliphatic rings. The Hall–Kier alpha value is -3.50. The number of anilines is 1. The van der Waals surface area contributed by atoms with Crippen LogP contribution >= 0.6 is 23.2 Å². The van der Waals surface area contributed by atoms with Gasteiger partial charge in [-0.2, -0.15) is 10.4 Å². The number of H-pyrrole nitrogens is 1. The second kappa shape index (κ2) is 9.80. The van der Waals surface area contributed by atoms with E-state index in [4.69, 9.17) is 27.9 Å². The number of aromatic amines is 1. The molecule has 0 aliphatic carbocycles. The van der Waals surface area contributed by atoms with Crippen LogP contribution in [0.1, 0.15) is 29.8 Å². The van der Waals surface area contributed by atoms with Crippen LogP contribution in [0.2, 0.25) is 10.0 Å². The van der Waals surface area contributed by atoms with Gasteiger partial charge in [0.15, 0.2) is 11.6 Å². The number of ether oxygens (including phenoxy) is 1. The molecule has 6 rings (SSSR count). The third kappa shape index (κ3) is 4.76. The lowest BCUT2D eigenvalue weighted by atomic mass is 9.74. The van der Waals surface area contributed by atoms with Gasteiger partial charge in [-0.1, -0.05) is 23.2 Å². The summed E-state index contributed by atoms with van der Waals surface area (Å²) in [5.74, 6) is -0.0837. The third-order valence-electron chi connectivity index (χ3n) is 7.61. The summed E-state index contributed by atoms with van der Waals surface area (Å²) in [6.45, 7) is 5.65. The van der Waals surface area contributed by atoms with Gasteiger partial charge < -0.3 is 9.64 Å². The van der Waals surface area contributed by atoms with Crippen molar-refractivity contribution in [2.45, 2.75) is 20.0 Å². The average Bonchev–Trinajstić information content (AvgIpc) is 3.26. The van der Waals surface area contributed by atoms with Crippen LogP contribution < -0.4 is 9.64 Å². The molecular formula is C27H24Cl2FN7O3S. The largest absolute Gasteiger partial charge is 0.483 e. The Balaban J connectivity index is 1.26. The highest BCUT2D eigenvalue weighted by molar-refractivity contribution is 7.88. The van der Waals surface area contributed by atoms with Gasteiger partial charge in [0.25, 0.3) is 0 Å². The van der Waals surface area contributed by atoms with E-state index in [1.54, 1.807) is 32.2 Å². The zero-order chi connectivity index (χ0) is 29.3. The SMILES string of the molecule is Cc1ncc(Cl)c(C(C)Oc2cc3c(-c4cnc(N5CC6(C5)CN(S(C)(=O)=O)C6)c(C#N)c4)n[nH]c3cc2F)c1Cl. The van der Waals surface area contributed by atoms with Crippen molar-refractivity contribution in [3.05, 3.63) is 63.3 Å². The molecule has 0 bridgehead atoms. The minimum absolute atomic E-state index is 0.0196. The number of nitriles is 1. The number of nitrogens with zero attached hydrogens (tertiary/aromatic N) is 6. The molecule has 14 heteroatoms. The lowest BCUT2D eigenvalue weighted by Crippen LogP contribution is -2.73. The number of fused-ring (bicyclic) bond motifs is 1. The first-order chi connectivity index (χ1) is 19.4. The molecule has 10 nitrogen and oxygen atoms in total. The molecule has 0 amide bonds. The van der Waals surface area contributed by atoms with Gasteiger partial charge in [-0.05, 0) is 26.0 Å². The van der Waals surface area contributed by atoms with Gasteiger partial charge in [-0.15, -0.1) is 0 Å². The van der Waals surface area contributed by atoms with Crippen LogP contribution in [0.15, 0.2) is 30.6 Å². The molecule has 1 N–H and O–H groups in total. The molecule has 212 valence electrons. The molecule has 1 spiro atoms. The van der Waals surface area contributed by atoms with Gasteiger partial charge in [-0.25, -0.2) is 22.1 Å². The minimum Gasteiger partial charge on any atom is -0.483 e. The second-order valence-electron chi connectivity index (χ2n) is 10.7. The highest BCUT2D eigenvalue weighted by atomic mass is 35.5. The Bertz CT molecular complexity index is 1860. The summed E-state index contributed by atoms with van der Waals surface area (Å²) in [7, 11) is -3.20. The zero-order valence-corrected chi connectivity index (χ0v) is 24.6. The van der Waals surface area contributed by atoms with Gasteiger partial charge in [0.1, 0.15) is 23.7 Å². The molecule has 2 fully saturated rings. The van der Waals surface area contributed by atoms with Crippen LogP contribution in [0, 0.1) is 29.5 Å². The van der Waals surface area contributed by atoms with Gasteiger partial charge >= 0.3 is 0 Å². The van der Waals surface area contributed by atoms with Crippen molar-refractivity contribution in [2.75, 3.05) is 37.3 Å². The summed E-state index contributed by atoms with van der Waals surface area (Å²) in [5.41, 5.74) is 2.83. The molecule has 2 saturated heterocycles. The lowest BCUT2D eigenvalue weighted by Gasteiger charge is -2.59. The first-order valence-corrected chi connectivity index (χ1v) is 15.2. The number of hydrogen-bond acceptors (Lipinski definition) is 8. The van der Waals surface area contributed by atoms with Gasteiger partial charge in [-0.3, -0.25) is 10.1 Å². The normalized spacial score (nSPS) is 17.2. The fourth-order valence-corrected chi connectivity index (χ4v) is 7.17. The van der Waals surface area contributed by atoms with Crippen LogP contribution in [-0.4, -0.2) is 65.3 Å². The van der Waals surface area contributed by atoms with E-state index in [1.165, 1.54) is 22.8 Å². The predicted molar refractivity (Wildman–Crippen MR) is 153 cm³/mol. The molecule has 1 atom stereocenters. The zero-order valence-electron chi connectivity index (χ0n) is 22.2. The number of benzene rings is 1. The standard InChI is InChI=1S/C27H24Cl2FN7O3S/c1-14-24(29)23(19(28)9-32-14)15(2)40-22-5-18-21(6-20(22)30)34-35-25(18)17-4-16(7-31)26(33-8-17)36-10-27(11-36)12-37(13-27)41(3,38)39/h4-6,8-9,15H,10-13H2,1-3H3,(H,34,35). The Labute approximate surface area is 245 Å². The molecule has 5 heterocycles. The van der Waals surface area contributed by atoms with E-state index in [1.807, 2.05) is 4.90 Å². The number of aryl methyl sites for hydroxylation is 1. The molecule has 1 unspecified atom stereocenters. The molecule has 0 radical (unpaired) electrons. The number of rotatable bonds is 6. The number of aromatic nitrogens is 4. The second-order valence-corrected chi connectivity index (χ2v) is 13.4. The van der Waals surface area contributed by atoms with Crippen LogP contribution in [0.25, 0.3) is 22.2 Å². The summed E-state index contributed by atoms with van der Waals surface area (Å²) >= 11 is 12.7. The van der Waals surface area contributed by atoms with Crippen LogP contribution in [0.3, 0.4) is 0 Å². The summed E-state index contributed by atoms with van der Waals surface area (Å²) in [4.78, 5) is 10.7. The molecule has 0 saturated carbocycles. The van der Waals surface area contributed by atoms with Gasteiger partial charge in [0.2, 0.25) is 10.0 Å². The van der Waals surface area contributed by atoms with Crippen molar-refractivity contribution in [3.63, 3.8) is 0 Å². The van der Waals surface area contributed by atoms with Crippen molar-refractivity contribution in [1.29, 1.82) is 5.26 Å². The fourth-order valence-electron chi connectivity index (χ4n) is 5.50. The summed E-state index contributed by atoms with van der Waals surface area (Å²) in [6, 6.07) is 6.73. The highest BCUT2D eigenvalue weighted by Gasteiger charge is 2.54. The van der Waals surface area contributed by atoms with Crippen molar-refractivity contribution < 1.29 is 17.5 Å². The lowest BCUT2D eigenvalue weighted by molar-refractivity contribution is 0.0395. The maximum Gasteiger partial charge on any atom is 0.211 e. The van der Waals surface area contributed by atoms with E-state index in [0.717, 1.165) is 0 Å². The smallest absolute Gasteiger partial charge is 0.211 e. The number of nitrogens with one attached hydrogen (secondary N) is 1. The Morgan fingerprint density at radius 1 is 1.17 bits per heavy atom. The Morgan fingerprint density at radius 3 is 2.59 bits per heavy atom. The van der Waals surface area contributed by atoms with E-state index < -0.39 is 21.9 Å². The third-order valence-corrected chi connectivity index (χ3v) is 9.59. The maximum absolute atomic E-state index is 15.0. The first-order valence-electron chi connectivity index (χ1n) is 12.6. The molecule has 1 aromatic carbocycles. The Morgan fingerprint density at radius 2 is 1.90 bits per heavy atom. The van der Waals surface area contributed by atoms with Gasteiger partial charge in [0.05, 0.1) is 33.1 Å². The number of halogens is 3. The fraction of sp³-hybridized carbons (Fsp3) is 0.333. The van der Waals surface area contributed by atoms with Crippen molar-refractivity contribution in [3.8, 4) is 23.1 Å². The quantitative estimate of drug-likeness (QED) is 0.325. The average molecular weight is 617 g/mol. The van der Waals surface area contributed by atoms with E-state index in [9.17, 15) is 13.7 Å². The van der Waals surface area contributed by atoms with Crippen molar-refractivity contribution in [1.82, 2.24) is 24.5 Å². The molecular weight excluding hydrogens is 592 g/mol. The first kappa shape index (κ1) is 27.7. The molecule has 4 aromatic rings. The molecule has 3 aromatic heterocycles. The number of hydrogen-bond donors (Lipinski definition) is 1. The highest BCUT2D eigenvalue weighted by Crippen LogP contribution is 2.44. The van der Waals surface area contributed by atoms with Gasteiger partial charge in [0, 0.05) is 66.6 Å². The molecule has 2 aliphatic heterocycles. The van der Waals surface area contributed by atoms with E-state index >= 15 is 4.39 Å². The van der Waals surface area contributed by atoms with E-state index in [0.29, 0.717) is 81.0 Å². The van der Waals surface area contributed by atoms with Crippen LogP contribution in [0.5, 0.6) is 5.75 Å². The number of pyridine rings is 2. The minimum atomic E-state index is -3.20. The number of sulfonamides is 1. The van der Waals surface area contributed by atoms with Crippen molar-refractivity contribution >= 4 is 49.9 Å². The monoisotopic (exact) mass is 615 g/mol. The summed E-state index contributed by atoms with van der Waals surface area (Å²) in [5, 5.41) is 18.3. The summed E-state index contributed by atoms with van der Waals surface area (Å²) < 4.78 is 45.9. The van der Waals surface area contributed by atoms with Crippen LogP contribution in [0.4, 0.5) is 10.2 Å². The van der Waals surface area contributed by atoms with Crippen LogP contribution in [-0.2, 0) is 10.0 Å². The Kier molecular flexibility index (Phi) is 6.61.